The van der Waals surface area contributed by atoms with Crippen LogP contribution < -0.4 is 10.2 Å². The van der Waals surface area contributed by atoms with Crippen LogP contribution in [0.2, 0.25) is 0 Å². The predicted octanol–water partition coefficient (Wildman–Crippen LogP) is 0.975. The van der Waals surface area contributed by atoms with Crippen molar-refractivity contribution in [2.75, 3.05) is 44.4 Å². The summed E-state index contributed by atoms with van der Waals surface area (Å²) < 4.78 is 0. The topological polar surface area (TPSA) is 77.4 Å². The molecule has 1 fully saturated rings. The van der Waals surface area contributed by atoms with E-state index in [9.17, 15) is 5.11 Å². The molecule has 2 atom stereocenters. The average Bonchev–Trinajstić information content (AvgIpc) is 3.13. The molecule has 2 aromatic heterocycles. The number of aryl methyl sites for hydroxylation is 2. The van der Waals surface area contributed by atoms with Gasteiger partial charge >= 0.3 is 0 Å². The fourth-order valence-corrected chi connectivity index (χ4v) is 4.06. The number of aliphatic hydroxyl groups is 1. The van der Waals surface area contributed by atoms with E-state index < -0.39 is 6.10 Å². The Kier molecular flexibility index (Phi) is 4.00. The van der Waals surface area contributed by atoms with Gasteiger partial charge in [0.15, 0.2) is 5.65 Å². The normalized spacial score (nSPS) is 23.2. The first-order valence-corrected chi connectivity index (χ1v) is 8.94. The maximum atomic E-state index is 10.2. The van der Waals surface area contributed by atoms with Gasteiger partial charge in [-0.15, -0.1) is 0 Å². The van der Waals surface area contributed by atoms with Gasteiger partial charge in [-0.25, -0.2) is 4.98 Å². The Morgan fingerprint density at radius 2 is 1.96 bits per heavy atom. The second kappa shape index (κ2) is 6.07. The summed E-state index contributed by atoms with van der Waals surface area (Å²) in [4.78, 5) is 18.4. The van der Waals surface area contributed by atoms with Crippen molar-refractivity contribution in [2.45, 2.75) is 38.3 Å². The Bertz CT molecular complexity index is 821. The number of hydrogen-bond acceptors (Lipinski definition) is 7. The van der Waals surface area contributed by atoms with Crippen LogP contribution in [0.25, 0.3) is 11.0 Å². The predicted molar refractivity (Wildman–Crippen MR) is 99.3 cm³/mol. The monoisotopic (exact) mass is 342 g/mol. The summed E-state index contributed by atoms with van der Waals surface area (Å²) in [6, 6.07) is -0.0620. The molecule has 0 saturated carbocycles. The largest absolute Gasteiger partial charge is 0.390 e. The molecule has 0 aromatic carbocycles. The number of β-amino-alcohol motifs (C(OH)–C–C–N with tert-alkyl or cyclic N) is 1. The Morgan fingerprint density at radius 3 is 2.64 bits per heavy atom. The Labute approximate surface area is 148 Å². The zero-order valence-corrected chi connectivity index (χ0v) is 15.4. The lowest BCUT2D eigenvalue weighted by Crippen LogP contribution is -2.33. The van der Waals surface area contributed by atoms with E-state index >= 15 is 0 Å². The van der Waals surface area contributed by atoms with E-state index in [0.29, 0.717) is 12.5 Å². The molecule has 1 aliphatic carbocycles. The van der Waals surface area contributed by atoms with Gasteiger partial charge in [-0.1, -0.05) is 0 Å². The molecule has 1 saturated heterocycles. The molecule has 25 heavy (non-hydrogen) atoms. The summed E-state index contributed by atoms with van der Waals surface area (Å²) in [5.41, 5.74) is 4.56. The molecule has 0 unspecified atom stereocenters. The van der Waals surface area contributed by atoms with E-state index in [-0.39, 0.29) is 6.04 Å². The van der Waals surface area contributed by atoms with Crippen LogP contribution in [0.4, 0.5) is 11.8 Å². The van der Waals surface area contributed by atoms with Crippen molar-refractivity contribution in [1.82, 2.24) is 19.9 Å². The molecule has 2 aromatic rings. The van der Waals surface area contributed by atoms with E-state index in [0.717, 1.165) is 42.7 Å². The average molecular weight is 342 g/mol. The number of aliphatic hydroxyl groups excluding tert-OH is 1. The molecule has 1 aliphatic heterocycles. The molecule has 0 amide bonds. The number of likely N-dealkylation sites (N-methyl/N-ethyl adjacent to an activating group) is 1. The lowest BCUT2D eigenvalue weighted by atomic mass is 10.0. The first-order chi connectivity index (χ1) is 11.9. The molecule has 3 heterocycles. The zero-order chi connectivity index (χ0) is 17.7. The first-order valence-electron chi connectivity index (χ1n) is 8.94. The molecule has 0 radical (unpaired) electrons. The van der Waals surface area contributed by atoms with Crippen LogP contribution in [0.5, 0.6) is 0 Å². The standard InChI is InChI=1S/C18H26N6O/c1-10-11-6-5-7-12(11)19-16-15(10)17(23(2)3)22-18(21-16)20-13-8-24(4)9-14(13)25/h13-14,25H,5-9H2,1-4H3,(H,19,20,21,22)/t13-,14-/m0/s1. The number of nitrogens with one attached hydrogen (secondary N) is 1. The Balaban J connectivity index is 1.80. The lowest BCUT2D eigenvalue weighted by Gasteiger charge is -2.20. The lowest BCUT2D eigenvalue weighted by molar-refractivity contribution is 0.174. The van der Waals surface area contributed by atoms with Crippen LogP contribution in [0.1, 0.15) is 23.2 Å². The SMILES string of the molecule is Cc1c2c(nc3nc(N[C@H]4CN(C)C[C@@H]4O)nc(N(C)C)c13)CCC2. The van der Waals surface area contributed by atoms with Gasteiger partial charge in [0.05, 0.1) is 17.5 Å². The number of anilines is 2. The van der Waals surface area contributed by atoms with Crippen molar-refractivity contribution in [3.05, 3.63) is 16.8 Å². The highest BCUT2D eigenvalue weighted by Gasteiger charge is 2.30. The van der Waals surface area contributed by atoms with Crippen LogP contribution in [0, 0.1) is 6.92 Å². The second-order valence-electron chi connectivity index (χ2n) is 7.52. The smallest absolute Gasteiger partial charge is 0.227 e. The zero-order valence-electron chi connectivity index (χ0n) is 15.4. The molecule has 7 nitrogen and oxygen atoms in total. The summed E-state index contributed by atoms with van der Waals surface area (Å²) in [5, 5.41) is 14.6. The van der Waals surface area contributed by atoms with Crippen molar-refractivity contribution in [3.63, 3.8) is 0 Å². The highest BCUT2D eigenvalue weighted by molar-refractivity contribution is 5.92. The third-order valence-corrected chi connectivity index (χ3v) is 5.34. The number of likely N-dealkylation sites (tertiary alicyclic amines) is 1. The van der Waals surface area contributed by atoms with E-state index in [4.69, 9.17) is 9.97 Å². The minimum absolute atomic E-state index is 0.0620. The van der Waals surface area contributed by atoms with Gasteiger partial charge in [0, 0.05) is 32.9 Å². The van der Waals surface area contributed by atoms with E-state index in [1.165, 1.54) is 16.8 Å². The highest BCUT2D eigenvalue weighted by atomic mass is 16.3. The summed E-state index contributed by atoms with van der Waals surface area (Å²) in [6.45, 7) is 3.60. The number of fused-ring (bicyclic) bond motifs is 2. The van der Waals surface area contributed by atoms with Gasteiger partial charge < -0.3 is 20.2 Å². The molecule has 134 valence electrons. The fraction of sp³-hybridized carbons (Fsp3) is 0.611. The van der Waals surface area contributed by atoms with Crippen LogP contribution in [0.3, 0.4) is 0 Å². The fourth-order valence-electron chi connectivity index (χ4n) is 4.06. The van der Waals surface area contributed by atoms with Gasteiger partial charge in [0.25, 0.3) is 0 Å². The van der Waals surface area contributed by atoms with Crippen molar-refractivity contribution < 1.29 is 5.11 Å². The Hall–Kier alpha value is -1.99. The van der Waals surface area contributed by atoms with E-state index in [2.05, 4.69) is 22.1 Å². The van der Waals surface area contributed by atoms with Crippen molar-refractivity contribution in [3.8, 4) is 0 Å². The van der Waals surface area contributed by atoms with Gasteiger partial charge in [-0.2, -0.15) is 9.97 Å². The molecular weight excluding hydrogens is 316 g/mol. The van der Waals surface area contributed by atoms with Crippen molar-refractivity contribution in [2.24, 2.45) is 0 Å². The maximum absolute atomic E-state index is 10.2. The summed E-state index contributed by atoms with van der Waals surface area (Å²) in [6.07, 6.45) is 2.87. The Morgan fingerprint density at radius 1 is 1.16 bits per heavy atom. The maximum Gasteiger partial charge on any atom is 0.227 e. The molecule has 0 bridgehead atoms. The van der Waals surface area contributed by atoms with Crippen LogP contribution in [-0.4, -0.2) is 71.3 Å². The second-order valence-corrected chi connectivity index (χ2v) is 7.52. The molecule has 0 spiro atoms. The number of pyridine rings is 1. The van der Waals surface area contributed by atoms with Crippen LogP contribution in [0.15, 0.2) is 0 Å². The number of nitrogens with zero attached hydrogens (tertiary/aromatic N) is 5. The first kappa shape index (κ1) is 16.5. The molecule has 7 heteroatoms. The van der Waals surface area contributed by atoms with E-state index in [1.807, 2.05) is 26.0 Å². The van der Waals surface area contributed by atoms with Crippen LogP contribution in [-0.2, 0) is 12.8 Å². The van der Waals surface area contributed by atoms with Crippen molar-refractivity contribution in [1.29, 1.82) is 0 Å². The summed E-state index contributed by atoms with van der Waals surface area (Å²) in [5.74, 6) is 1.42. The van der Waals surface area contributed by atoms with Gasteiger partial charge in [-0.05, 0) is 44.4 Å². The third kappa shape index (κ3) is 2.81. The summed E-state index contributed by atoms with van der Waals surface area (Å²) >= 11 is 0. The van der Waals surface area contributed by atoms with Gasteiger partial charge in [0.1, 0.15) is 5.82 Å². The quantitative estimate of drug-likeness (QED) is 0.861. The highest BCUT2D eigenvalue weighted by Crippen LogP contribution is 2.33. The molecule has 2 N–H and O–H groups in total. The van der Waals surface area contributed by atoms with Gasteiger partial charge in [-0.3, -0.25) is 0 Å². The number of rotatable bonds is 3. The van der Waals surface area contributed by atoms with Crippen molar-refractivity contribution >= 4 is 22.8 Å². The summed E-state index contributed by atoms with van der Waals surface area (Å²) in [7, 11) is 6.00. The molecule has 2 aliphatic rings. The molecular formula is C18H26N6O. The van der Waals surface area contributed by atoms with Gasteiger partial charge in [0.2, 0.25) is 5.95 Å². The third-order valence-electron chi connectivity index (χ3n) is 5.34. The minimum atomic E-state index is -0.415. The minimum Gasteiger partial charge on any atom is -0.390 e. The van der Waals surface area contributed by atoms with Crippen LogP contribution >= 0.6 is 0 Å². The molecule has 4 rings (SSSR count). The number of aromatic nitrogens is 3. The number of hydrogen-bond donors (Lipinski definition) is 2. The van der Waals surface area contributed by atoms with E-state index in [1.54, 1.807) is 0 Å².